The highest BCUT2D eigenvalue weighted by molar-refractivity contribution is 7.89. The number of nitrogens with zero attached hydrogens (tertiary/aromatic N) is 1. The van der Waals surface area contributed by atoms with Gasteiger partial charge in [-0.1, -0.05) is 11.6 Å². The summed E-state index contributed by atoms with van der Waals surface area (Å²) < 4.78 is 25.7. The number of carbonyl (C=O) groups excluding carboxylic acids is 1. The second-order valence-electron chi connectivity index (χ2n) is 2.99. The third-order valence-corrected chi connectivity index (χ3v) is 3.67. The second kappa shape index (κ2) is 5.80. The van der Waals surface area contributed by atoms with Gasteiger partial charge in [-0.15, -0.1) is 0 Å². The Morgan fingerprint density at radius 2 is 2.18 bits per heavy atom. The van der Waals surface area contributed by atoms with Gasteiger partial charge in [-0.05, 0) is 6.07 Å². The third kappa shape index (κ3) is 4.17. The van der Waals surface area contributed by atoms with Gasteiger partial charge in [0.05, 0.1) is 5.02 Å². The molecule has 94 valence electrons. The van der Waals surface area contributed by atoms with Crippen molar-refractivity contribution < 1.29 is 13.2 Å². The normalized spacial score (nSPS) is 11.1. The Hall–Kier alpha value is -1.38. The van der Waals surface area contributed by atoms with Gasteiger partial charge in [0.25, 0.3) is 0 Å². The number of urea groups is 1. The molecule has 0 aliphatic heterocycles. The summed E-state index contributed by atoms with van der Waals surface area (Å²) in [5.41, 5.74) is 4.82. The maximum absolute atomic E-state index is 11.7. The molecule has 0 aliphatic carbocycles. The number of halogens is 1. The predicted molar refractivity (Wildman–Crippen MR) is 62.0 cm³/mol. The van der Waals surface area contributed by atoms with Crippen molar-refractivity contribution in [3.63, 3.8) is 0 Å². The number of pyridine rings is 1. The lowest BCUT2D eigenvalue weighted by Crippen LogP contribution is -2.37. The van der Waals surface area contributed by atoms with Crippen molar-refractivity contribution in [2.24, 2.45) is 5.73 Å². The number of carbonyl (C=O) groups is 1. The van der Waals surface area contributed by atoms with Crippen molar-refractivity contribution in [1.82, 2.24) is 15.0 Å². The highest BCUT2D eigenvalue weighted by atomic mass is 35.5. The molecule has 0 fully saturated rings. The van der Waals surface area contributed by atoms with Crippen LogP contribution >= 0.6 is 11.6 Å². The quantitative estimate of drug-likeness (QED) is 0.641. The number of primary amides is 1. The lowest BCUT2D eigenvalue weighted by Gasteiger charge is -2.07. The zero-order valence-corrected chi connectivity index (χ0v) is 10.3. The van der Waals surface area contributed by atoms with E-state index in [-0.39, 0.29) is 23.0 Å². The first-order chi connectivity index (χ1) is 7.93. The number of nitrogens with two attached hydrogens (primary N) is 1. The van der Waals surface area contributed by atoms with Crippen LogP contribution in [0.4, 0.5) is 4.79 Å². The first-order valence-electron chi connectivity index (χ1n) is 4.56. The Labute approximate surface area is 103 Å². The molecular formula is C8H11ClN4O3S. The fraction of sp³-hybridized carbons (Fsp3) is 0.250. The summed E-state index contributed by atoms with van der Waals surface area (Å²) in [6, 6.07) is 0.654. The zero-order chi connectivity index (χ0) is 12.9. The Kier molecular flexibility index (Phi) is 4.67. The molecule has 9 heteroatoms. The van der Waals surface area contributed by atoms with E-state index >= 15 is 0 Å². The van der Waals surface area contributed by atoms with Crippen molar-refractivity contribution >= 4 is 27.7 Å². The molecule has 0 spiro atoms. The first kappa shape index (κ1) is 13.7. The minimum Gasteiger partial charge on any atom is -0.352 e. The minimum absolute atomic E-state index is 0.0104. The predicted octanol–water partition coefficient (Wildman–Crippen LogP) is -0.318. The molecule has 1 aromatic rings. The second-order valence-corrected chi connectivity index (χ2v) is 5.14. The highest BCUT2D eigenvalue weighted by Crippen LogP contribution is 2.18. The van der Waals surface area contributed by atoms with Crippen LogP contribution in [0.15, 0.2) is 23.4 Å². The topological polar surface area (TPSA) is 114 Å². The van der Waals surface area contributed by atoms with Crippen LogP contribution in [0.1, 0.15) is 0 Å². The van der Waals surface area contributed by atoms with Gasteiger partial charge in [0.2, 0.25) is 10.0 Å². The van der Waals surface area contributed by atoms with Crippen molar-refractivity contribution in [2.45, 2.75) is 4.90 Å². The molecule has 0 aliphatic rings. The van der Waals surface area contributed by atoms with Crippen LogP contribution in [-0.2, 0) is 10.0 Å². The van der Waals surface area contributed by atoms with Crippen LogP contribution in [0.5, 0.6) is 0 Å². The van der Waals surface area contributed by atoms with Gasteiger partial charge < -0.3 is 11.1 Å². The molecule has 0 atom stereocenters. The van der Waals surface area contributed by atoms with Crippen LogP contribution in [0.3, 0.4) is 0 Å². The van der Waals surface area contributed by atoms with Gasteiger partial charge >= 0.3 is 6.03 Å². The monoisotopic (exact) mass is 278 g/mol. The summed E-state index contributed by atoms with van der Waals surface area (Å²) in [5.74, 6) is 0. The third-order valence-electron chi connectivity index (χ3n) is 1.74. The Morgan fingerprint density at radius 1 is 1.47 bits per heavy atom. The Morgan fingerprint density at radius 3 is 2.76 bits per heavy atom. The van der Waals surface area contributed by atoms with Crippen LogP contribution in [-0.4, -0.2) is 32.5 Å². The van der Waals surface area contributed by atoms with E-state index in [2.05, 4.69) is 15.0 Å². The number of aromatic nitrogens is 1. The molecule has 0 aromatic carbocycles. The standard InChI is InChI=1S/C8H11ClN4O3S/c9-6-1-2-11-5-7(6)17(15,16)13-4-3-12-8(10)14/h1-2,5,13H,3-4H2,(H3,10,12,14). The van der Waals surface area contributed by atoms with E-state index in [1.54, 1.807) is 0 Å². The largest absolute Gasteiger partial charge is 0.352 e. The highest BCUT2D eigenvalue weighted by Gasteiger charge is 2.17. The average molecular weight is 279 g/mol. The summed E-state index contributed by atoms with van der Waals surface area (Å²) in [7, 11) is -3.73. The molecule has 1 heterocycles. The maximum atomic E-state index is 11.7. The van der Waals surface area contributed by atoms with E-state index < -0.39 is 16.1 Å². The van der Waals surface area contributed by atoms with Gasteiger partial charge in [0.15, 0.2) is 0 Å². The molecule has 1 rings (SSSR count). The smallest absolute Gasteiger partial charge is 0.312 e. The van der Waals surface area contributed by atoms with E-state index in [0.29, 0.717) is 0 Å². The van der Waals surface area contributed by atoms with Gasteiger partial charge in [-0.2, -0.15) is 0 Å². The summed E-state index contributed by atoms with van der Waals surface area (Å²) in [4.78, 5) is 13.9. The molecule has 0 unspecified atom stereocenters. The van der Waals surface area contributed by atoms with Gasteiger partial charge in [-0.25, -0.2) is 17.9 Å². The van der Waals surface area contributed by atoms with Crippen molar-refractivity contribution in [3.05, 3.63) is 23.5 Å². The molecular weight excluding hydrogens is 268 g/mol. The molecule has 7 nitrogen and oxygen atoms in total. The molecule has 0 saturated heterocycles. The molecule has 17 heavy (non-hydrogen) atoms. The summed E-state index contributed by atoms with van der Waals surface area (Å²) in [6.07, 6.45) is 2.53. The number of hydrogen-bond donors (Lipinski definition) is 3. The Balaban J connectivity index is 2.64. The number of amides is 2. The molecule has 4 N–H and O–H groups in total. The van der Waals surface area contributed by atoms with Crippen LogP contribution < -0.4 is 15.8 Å². The van der Waals surface area contributed by atoms with Crippen LogP contribution in [0.2, 0.25) is 5.02 Å². The first-order valence-corrected chi connectivity index (χ1v) is 6.42. The zero-order valence-electron chi connectivity index (χ0n) is 8.68. The van der Waals surface area contributed by atoms with Crippen molar-refractivity contribution in [2.75, 3.05) is 13.1 Å². The van der Waals surface area contributed by atoms with Crippen LogP contribution in [0.25, 0.3) is 0 Å². The van der Waals surface area contributed by atoms with Crippen molar-refractivity contribution in [1.29, 1.82) is 0 Å². The van der Waals surface area contributed by atoms with Gasteiger partial charge in [0.1, 0.15) is 4.90 Å². The SMILES string of the molecule is NC(=O)NCCNS(=O)(=O)c1cnccc1Cl. The van der Waals surface area contributed by atoms with E-state index in [4.69, 9.17) is 17.3 Å². The lowest BCUT2D eigenvalue weighted by molar-refractivity contribution is 0.249. The van der Waals surface area contributed by atoms with E-state index in [9.17, 15) is 13.2 Å². The van der Waals surface area contributed by atoms with E-state index in [1.165, 1.54) is 12.3 Å². The fourth-order valence-electron chi connectivity index (χ4n) is 1.01. The van der Waals surface area contributed by atoms with Gasteiger partial charge in [0, 0.05) is 25.5 Å². The lowest BCUT2D eigenvalue weighted by atomic mass is 10.5. The fourth-order valence-corrected chi connectivity index (χ4v) is 2.47. The minimum atomic E-state index is -3.73. The number of nitrogens with one attached hydrogen (secondary N) is 2. The number of hydrogen-bond acceptors (Lipinski definition) is 4. The molecule has 2 amide bonds. The summed E-state index contributed by atoms with van der Waals surface area (Å²) >= 11 is 5.72. The van der Waals surface area contributed by atoms with E-state index in [1.807, 2.05) is 0 Å². The van der Waals surface area contributed by atoms with E-state index in [0.717, 1.165) is 6.20 Å². The summed E-state index contributed by atoms with van der Waals surface area (Å²) in [6.45, 7) is 0.100. The average Bonchev–Trinajstić information content (AvgIpc) is 2.24. The number of sulfonamides is 1. The molecule has 0 bridgehead atoms. The number of rotatable bonds is 5. The molecule has 0 saturated carbocycles. The van der Waals surface area contributed by atoms with Gasteiger partial charge in [-0.3, -0.25) is 4.98 Å². The van der Waals surface area contributed by atoms with Crippen LogP contribution in [0, 0.1) is 0 Å². The Bertz CT molecular complexity index is 505. The maximum Gasteiger partial charge on any atom is 0.312 e. The van der Waals surface area contributed by atoms with Crippen molar-refractivity contribution in [3.8, 4) is 0 Å². The molecule has 1 aromatic heterocycles. The summed E-state index contributed by atoms with van der Waals surface area (Å²) in [5, 5.41) is 2.33. The molecule has 0 radical (unpaired) electrons.